The first-order chi connectivity index (χ1) is 7.79. The van der Waals surface area contributed by atoms with Gasteiger partial charge >= 0.3 is 0 Å². The van der Waals surface area contributed by atoms with E-state index in [0.717, 1.165) is 19.0 Å². The molecule has 0 amide bonds. The predicted molar refractivity (Wildman–Crippen MR) is 66.4 cm³/mol. The SMILES string of the molecule is CCNC(Cn1cc(C)cn1)C1CCCC1. The Labute approximate surface area is 98.2 Å². The smallest absolute Gasteiger partial charge is 0.0565 e. The van der Waals surface area contributed by atoms with Gasteiger partial charge < -0.3 is 5.32 Å². The van der Waals surface area contributed by atoms with Crippen LogP contribution < -0.4 is 5.32 Å². The van der Waals surface area contributed by atoms with Crippen LogP contribution in [-0.2, 0) is 6.54 Å². The van der Waals surface area contributed by atoms with E-state index in [9.17, 15) is 0 Å². The standard InChI is InChI=1S/C13H23N3/c1-3-14-13(12-6-4-5-7-12)10-16-9-11(2)8-15-16/h8-9,12-14H,3-7,10H2,1-2H3. The van der Waals surface area contributed by atoms with Crippen LogP contribution in [0.1, 0.15) is 38.2 Å². The zero-order valence-electron chi connectivity index (χ0n) is 10.4. The molecule has 1 aliphatic rings. The second-order valence-electron chi connectivity index (χ2n) is 4.95. The third-order valence-corrected chi connectivity index (χ3v) is 3.58. The summed E-state index contributed by atoms with van der Waals surface area (Å²) in [5, 5.41) is 8.01. The molecule has 1 unspecified atom stereocenters. The van der Waals surface area contributed by atoms with Crippen molar-refractivity contribution in [2.75, 3.05) is 6.54 Å². The van der Waals surface area contributed by atoms with Crippen molar-refractivity contribution in [1.29, 1.82) is 0 Å². The van der Waals surface area contributed by atoms with Crippen LogP contribution in [-0.4, -0.2) is 22.4 Å². The molecule has 0 aromatic carbocycles. The van der Waals surface area contributed by atoms with Gasteiger partial charge in [0.2, 0.25) is 0 Å². The molecule has 1 fully saturated rings. The molecule has 0 spiro atoms. The van der Waals surface area contributed by atoms with Crippen molar-refractivity contribution >= 4 is 0 Å². The number of aryl methyl sites for hydroxylation is 1. The minimum Gasteiger partial charge on any atom is -0.312 e. The van der Waals surface area contributed by atoms with Crippen molar-refractivity contribution in [3.63, 3.8) is 0 Å². The molecule has 0 bridgehead atoms. The van der Waals surface area contributed by atoms with Crippen molar-refractivity contribution in [2.45, 2.75) is 52.1 Å². The predicted octanol–water partition coefficient (Wildman–Crippen LogP) is 2.36. The van der Waals surface area contributed by atoms with E-state index in [-0.39, 0.29) is 0 Å². The monoisotopic (exact) mass is 221 g/mol. The van der Waals surface area contributed by atoms with Crippen molar-refractivity contribution in [3.8, 4) is 0 Å². The van der Waals surface area contributed by atoms with Crippen LogP contribution in [0, 0.1) is 12.8 Å². The van der Waals surface area contributed by atoms with Gasteiger partial charge in [0.1, 0.15) is 0 Å². The Kier molecular flexibility index (Phi) is 3.99. The van der Waals surface area contributed by atoms with Gasteiger partial charge in [0, 0.05) is 12.2 Å². The largest absolute Gasteiger partial charge is 0.312 e. The Morgan fingerprint density at radius 2 is 2.25 bits per heavy atom. The molecular formula is C13H23N3. The number of hydrogen-bond acceptors (Lipinski definition) is 2. The van der Waals surface area contributed by atoms with Gasteiger partial charge in [-0.3, -0.25) is 4.68 Å². The van der Waals surface area contributed by atoms with E-state index in [2.05, 4.69) is 35.1 Å². The number of likely N-dealkylation sites (N-methyl/N-ethyl adjacent to an activating group) is 1. The summed E-state index contributed by atoms with van der Waals surface area (Å²) in [6.07, 6.45) is 9.67. The Morgan fingerprint density at radius 3 is 2.81 bits per heavy atom. The van der Waals surface area contributed by atoms with Crippen LogP contribution in [0.4, 0.5) is 0 Å². The van der Waals surface area contributed by atoms with Crippen LogP contribution in [0.3, 0.4) is 0 Å². The Bertz CT molecular complexity index is 313. The molecule has 90 valence electrons. The highest BCUT2D eigenvalue weighted by molar-refractivity contribution is 4.99. The van der Waals surface area contributed by atoms with Gasteiger partial charge in [0.15, 0.2) is 0 Å². The maximum atomic E-state index is 4.39. The molecule has 0 radical (unpaired) electrons. The van der Waals surface area contributed by atoms with Crippen LogP contribution >= 0.6 is 0 Å². The molecule has 0 saturated heterocycles. The summed E-state index contributed by atoms with van der Waals surface area (Å²) in [4.78, 5) is 0. The molecule has 2 rings (SSSR count). The maximum Gasteiger partial charge on any atom is 0.0565 e. The van der Waals surface area contributed by atoms with E-state index in [0.29, 0.717) is 6.04 Å². The van der Waals surface area contributed by atoms with Crippen molar-refractivity contribution in [3.05, 3.63) is 18.0 Å². The number of hydrogen-bond donors (Lipinski definition) is 1. The first kappa shape index (κ1) is 11.6. The van der Waals surface area contributed by atoms with Gasteiger partial charge in [0.25, 0.3) is 0 Å². The fourth-order valence-corrected chi connectivity index (χ4v) is 2.77. The molecule has 1 aromatic heterocycles. The molecule has 1 N–H and O–H groups in total. The third kappa shape index (κ3) is 2.85. The van der Waals surface area contributed by atoms with Crippen LogP contribution in [0.5, 0.6) is 0 Å². The van der Waals surface area contributed by atoms with Crippen molar-refractivity contribution in [2.24, 2.45) is 5.92 Å². The highest BCUT2D eigenvalue weighted by atomic mass is 15.3. The molecule has 3 heteroatoms. The lowest BCUT2D eigenvalue weighted by atomic mass is 9.98. The highest BCUT2D eigenvalue weighted by Crippen LogP contribution is 2.28. The van der Waals surface area contributed by atoms with Gasteiger partial charge in [-0.2, -0.15) is 5.10 Å². The van der Waals surface area contributed by atoms with Gasteiger partial charge in [-0.05, 0) is 37.8 Å². The zero-order valence-corrected chi connectivity index (χ0v) is 10.4. The van der Waals surface area contributed by atoms with Gasteiger partial charge in [-0.1, -0.05) is 19.8 Å². The summed E-state index contributed by atoms with van der Waals surface area (Å²) in [7, 11) is 0. The van der Waals surface area contributed by atoms with E-state index in [1.54, 1.807) is 0 Å². The summed E-state index contributed by atoms with van der Waals surface area (Å²) in [6.45, 7) is 6.37. The van der Waals surface area contributed by atoms with Gasteiger partial charge in [-0.25, -0.2) is 0 Å². The Balaban J connectivity index is 1.96. The van der Waals surface area contributed by atoms with E-state index in [4.69, 9.17) is 0 Å². The van der Waals surface area contributed by atoms with E-state index in [1.165, 1.54) is 31.2 Å². The van der Waals surface area contributed by atoms with Crippen molar-refractivity contribution < 1.29 is 0 Å². The summed E-state index contributed by atoms with van der Waals surface area (Å²) in [5.74, 6) is 0.851. The second kappa shape index (κ2) is 5.48. The molecule has 1 atom stereocenters. The number of aromatic nitrogens is 2. The van der Waals surface area contributed by atoms with Gasteiger partial charge in [-0.15, -0.1) is 0 Å². The average molecular weight is 221 g/mol. The molecular weight excluding hydrogens is 198 g/mol. The molecule has 3 nitrogen and oxygen atoms in total. The minimum atomic E-state index is 0.604. The fraction of sp³-hybridized carbons (Fsp3) is 0.769. The molecule has 1 saturated carbocycles. The first-order valence-electron chi connectivity index (χ1n) is 6.52. The maximum absolute atomic E-state index is 4.39. The molecule has 0 aliphatic heterocycles. The second-order valence-corrected chi connectivity index (χ2v) is 4.95. The summed E-state index contributed by atoms with van der Waals surface area (Å²) >= 11 is 0. The first-order valence-corrected chi connectivity index (χ1v) is 6.52. The number of nitrogens with zero attached hydrogens (tertiary/aromatic N) is 2. The van der Waals surface area contributed by atoms with Crippen LogP contribution in [0.2, 0.25) is 0 Å². The number of rotatable bonds is 5. The Morgan fingerprint density at radius 1 is 1.50 bits per heavy atom. The topological polar surface area (TPSA) is 29.9 Å². The normalized spacial score (nSPS) is 19.1. The van der Waals surface area contributed by atoms with Gasteiger partial charge in [0.05, 0.1) is 12.7 Å². The lowest BCUT2D eigenvalue weighted by Gasteiger charge is -2.24. The van der Waals surface area contributed by atoms with Crippen LogP contribution in [0.15, 0.2) is 12.4 Å². The van der Waals surface area contributed by atoms with E-state index >= 15 is 0 Å². The Hall–Kier alpha value is -0.830. The zero-order chi connectivity index (χ0) is 11.4. The molecule has 1 aliphatic carbocycles. The fourth-order valence-electron chi connectivity index (χ4n) is 2.77. The minimum absolute atomic E-state index is 0.604. The summed E-state index contributed by atoms with van der Waals surface area (Å²) in [5.41, 5.74) is 1.25. The van der Waals surface area contributed by atoms with E-state index in [1.807, 2.05) is 6.20 Å². The average Bonchev–Trinajstić information content (AvgIpc) is 2.88. The molecule has 16 heavy (non-hydrogen) atoms. The number of nitrogens with one attached hydrogen (secondary N) is 1. The quantitative estimate of drug-likeness (QED) is 0.827. The summed E-state index contributed by atoms with van der Waals surface area (Å²) in [6, 6.07) is 0.604. The van der Waals surface area contributed by atoms with E-state index < -0.39 is 0 Å². The molecule has 1 heterocycles. The third-order valence-electron chi connectivity index (χ3n) is 3.58. The highest BCUT2D eigenvalue weighted by Gasteiger charge is 2.24. The van der Waals surface area contributed by atoms with Crippen molar-refractivity contribution in [1.82, 2.24) is 15.1 Å². The molecule has 1 aromatic rings. The van der Waals surface area contributed by atoms with Crippen LogP contribution in [0.25, 0.3) is 0 Å². The lowest BCUT2D eigenvalue weighted by molar-refractivity contribution is 0.316. The lowest BCUT2D eigenvalue weighted by Crippen LogP contribution is -2.38. The summed E-state index contributed by atoms with van der Waals surface area (Å²) < 4.78 is 2.08.